The SMILES string of the molecule is [Cl-].[N-]=[N+]=N.[Na+]. The molecule has 0 aromatic carbocycles. The minimum absolute atomic E-state index is 0. The van der Waals surface area contributed by atoms with Crippen molar-refractivity contribution in [1.29, 1.82) is 5.53 Å². The summed E-state index contributed by atoms with van der Waals surface area (Å²) in [6.07, 6.45) is 0. The zero-order valence-electron chi connectivity index (χ0n) is 2.77. The molecule has 0 aliphatic carbocycles. The van der Waals surface area contributed by atoms with Gasteiger partial charge in [-0.25, -0.2) is 0 Å². The van der Waals surface area contributed by atoms with Gasteiger partial charge in [-0.2, -0.15) is 0 Å². The zero-order valence-corrected chi connectivity index (χ0v) is 5.53. The van der Waals surface area contributed by atoms with Gasteiger partial charge in [-0.3, -0.25) is 0 Å². The fourth-order valence-corrected chi connectivity index (χ4v) is 0. The van der Waals surface area contributed by atoms with Gasteiger partial charge >= 0.3 is 29.6 Å². The van der Waals surface area contributed by atoms with Crippen molar-refractivity contribution >= 4 is 0 Å². The molecule has 0 unspecified atom stereocenters. The van der Waals surface area contributed by atoms with Gasteiger partial charge in [-0.15, -0.1) is 5.53 Å². The minimum atomic E-state index is 0. The van der Waals surface area contributed by atoms with E-state index in [-0.39, 0.29) is 42.0 Å². The van der Waals surface area contributed by atoms with Crippen LogP contribution in [-0.4, -0.2) is 0 Å². The Kier molecular flexibility index (Phi) is 81.6. The van der Waals surface area contributed by atoms with E-state index in [0.717, 1.165) is 0 Å². The Morgan fingerprint density at radius 2 is 1.60 bits per heavy atom. The van der Waals surface area contributed by atoms with Gasteiger partial charge in [0.2, 0.25) is 0 Å². The molecule has 3 nitrogen and oxygen atoms in total. The van der Waals surface area contributed by atoms with Crippen LogP contribution in [0.5, 0.6) is 0 Å². The molecule has 0 aromatic heterocycles. The second-order valence-corrected chi connectivity index (χ2v) is 0.100. The molecule has 1 N–H and O–H groups in total. The van der Waals surface area contributed by atoms with E-state index >= 15 is 0 Å². The Bertz CT molecular complexity index is 27.9. The Morgan fingerprint density at radius 1 is 1.60 bits per heavy atom. The predicted molar refractivity (Wildman–Crippen MR) is 9.44 cm³/mol. The van der Waals surface area contributed by atoms with E-state index in [1.165, 1.54) is 0 Å². The van der Waals surface area contributed by atoms with Crippen LogP contribution in [-0.2, 0) is 0 Å². The zero-order chi connectivity index (χ0) is 2.71. The summed E-state index contributed by atoms with van der Waals surface area (Å²) in [4.78, 5) is 1.75. The van der Waals surface area contributed by atoms with Crippen molar-refractivity contribution < 1.29 is 42.0 Å². The van der Waals surface area contributed by atoms with Gasteiger partial charge in [-0.1, -0.05) is 0 Å². The second-order valence-electron chi connectivity index (χ2n) is 0.100. The first-order valence-corrected chi connectivity index (χ1v) is 0.424. The molecule has 0 radical (unpaired) electrons. The fourth-order valence-electron chi connectivity index (χ4n) is 0. The number of nitrogens with zero attached hydrogens (tertiary/aromatic N) is 2. The molecule has 0 aliphatic rings. The van der Waals surface area contributed by atoms with E-state index in [1.54, 1.807) is 4.91 Å². The maximum Gasteiger partial charge on any atom is 1.00 e. The van der Waals surface area contributed by atoms with Crippen molar-refractivity contribution in [2.45, 2.75) is 0 Å². The van der Waals surface area contributed by atoms with Gasteiger partial charge < -0.3 is 12.4 Å². The molecule has 24 valence electrons. The summed E-state index contributed by atoms with van der Waals surface area (Å²) in [5, 5.41) is 0. The van der Waals surface area contributed by atoms with Crippen LogP contribution in [0.3, 0.4) is 0 Å². The first kappa shape index (κ1) is 17.5. The van der Waals surface area contributed by atoms with E-state index in [4.69, 9.17) is 11.1 Å². The topological polar surface area (TPSA) is 60.3 Å². The second kappa shape index (κ2) is 23.3. The molecule has 0 aromatic rings. The van der Waals surface area contributed by atoms with Crippen LogP contribution in [0.15, 0.2) is 0 Å². The molecule has 0 fully saturated rings. The summed E-state index contributed by atoms with van der Waals surface area (Å²) in [6, 6.07) is 0. The third kappa shape index (κ3) is 86.4. The molecule has 5 heavy (non-hydrogen) atoms. The molecule has 0 spiro atoms. The fraction of sp³-hybridized carbons (Fsp3) is 0. The Labute approximate surface area is 57.9 Å². The molecule has 0 amide bonds. The van der Waals surface area contributed by atoms with Gasteiger partial charge in [0.1, 0.15) is 0 Å². The predicted octanol–water partition coefficient (Wildman–Crippen LogP) is -5.12. The first-order valence-electron chi connectivity index (χ1n) is 0.424. The van der Waals surface area contributed by atoms with E-state index in [1.807, 2.05) is 0 Å². The first-order chi connectivity index (χ1) is 1.41. The monoisotopic (exact) mass is 101 g/mol. The Hall–Kier alpha value is 0.600. The van der Waals surface area contributed by atoms with Crippen LogP contribution in [0, 0.1) is 5.53 Å². The molecule has 0 saturated heterocycles. The number of hydrogen-bond donors (Lipinski definition) is 1. The molecule has 0 saturated carbocycles. The van der Waals surface area contributed by atoms with E-state index in [9.17, 15) is 0 Å². The van der Waals surface area contributed by atoms with Gasteiger partial charge in [0.25, 0.3) is 0 Å². The molecule has 0 atom stereocenters. The molecule has 0 aliphatic heterocycles. The summed E-state index contributed by atoms with van der Waals surface area (Å²) in [5.74, 6) is 0. The number of rotatable bonds is 0. The maximum atomic E-state index is 6.86. The van der Waals surface area contributed by atoms with Gasteiger partial charge in [0.05, 0.1) is 0 Å². The van der Waals surface area contributed by atoms with Crippen molar-refractivity contribution in [3.8, 4) is 0 Å². The summed E-state index contributed by atoms with van der Waals surface area (Å²) in [7, 11) is 0. The summed E-state index contributed by atoms with van der Waals surface area (Å²) in [5.41, 5.74) is 12.2. The smallest absolute Gasteiger partial charge is 1.00 e. The van der Waals surface area contributed by atoms with Crippen molar-refractivity contribution in [2.24, 2.45) is 0 Å². The third-order valence-corrected chi connectivity index (χ3v) is 0. The van der Waals surface area contributed by atoms with Crippen molar-refractivity contribution in [3.63, 3.8) is 0 Å². The van der Waals surface area contributed by atoms with Crippen molar-refractivity contribution in [3.05, 3.63) is 10.4 Å². The van der Waals surface area contributed by atoms with E-state index in [2.05, 4.69) is 0 Å². The van der Waals surface area contributed by atoms with Crippen LogP contribution in [0.1, 0.15) is 0 Å². The molecule has 0 rings (SSSR count). The standard InChI is InChI=1S/ClH.HN3.Na/c;1-3-2;/h1H;1H;/q;;+1/p-1. The van der Waals surface area contributed by atoms with Crippen LogP contribution in [0.25, 0.3) is 10.4 Å². The maximum absolute atomic E-state index is 6.86. The van der Waals surface area contributed by atoms with Crippen LogP contribution >= 0.6 is 0 Å². The number of nitrogens with one attached hydrogen (secondary N) is 1. The summed E-state index contributed by atoms with van der Waals surface area (Å²) < 4.78 is 0. The molecule has 0 bridgehead atoms. The van der Waals surface area contributed by atoms with Crippen LogP contribution in [0.2, 0.25) is 0 Å². The Balaban J connectivity index is -0.0000000200. The summed E-state index contributed by atoms with van der Waals surface area (Å²) in [6.45, 7) is 0. The van der Waals surface area contributed by atoms with Crippen LogP contribution in [0.4, 0.5) is 0 Å². The van der Waals surface area contributed by atoms with Crippen molar-refractivity contribution in [2.75, 3.05) is 0 Å². The molecular weight excluding hydrogens is 100 g/mol. The number of hydrogen-bond acceptors (Lipinski definition) is 1. The summed E-state index contributed by atoms with van der Waals surface area (Å²) >= 11 is 0. The van der Waals surface area contributed by atoms with Crippen LogP contribution < -0.4 is 42.0 Å². The van der Waals surface area contributed by atoms with Gasteiger partial charge in [0.15, 0.2) is 0 Å². The third-order valence-electron chi connectivity index (χ3n) is 0. The molecule has 0 heterocycles. The number of halogens is 1. The quantitative estimate of drug-likeness (QED) is 0.137. The molecular formula is HClN3Na. The van der Waals surface area contributed by atoms with Gasteiger partial charge in [0, 0.05) is 0 Å². The van der Waals surface area contributed by atoms with E-state index < -0.39 is 0 Å². The van der Waals surface area contributed by atoms with E-state index in [0.29, 0.717) is 0 Å². The molecule has 5 heteroatoms. The average Bonchev–Trinajstić information content (AvgIpc) is 0.918. The normalized spacial score (nSPS) is 1.60. The largest absolute Gasteiger partial charge is 1.00 e. The average molecular weight is 101 g/mol. The Morgan fingerprint density at radius 3 is 1.60 bits per heavy atom. The van der Waals surface area contributed by atoms with Gasteiger partial charge in [-0.05, 0) is 10.4 Å². The van der Waals surface area contributed by atoms with Crippen molar-refractivity contribution in [1.82, 2.24) is 0 Å². The minimum Gasteiger partial charge on any atom is -1.00 e.